The monoisotopic (exact) mass is 240 g/mol. The minimum Gasteiger partial charge on any atom is -0.370 e. The van der Waals surface area contributed by atoms with Crippen LogP contribution in [0, 0.1) is 5.41 Å². The maximum Gasteiger partial charge on any atom is 0.225 e. The van der Waals surface area contributed by atoms with E-state index in [0.29, 0.717) is 25.6 Å². The zero-order valence-electron chi connectivity index (χ0n) is 11.3. The number of rotatable bonds is 5. The van der Waals surface area contributed by atoms with Crippen LogP contribution in [-0.4, -0.2) is 31.5 Å². The molecule has 0 radical (unpaired) electrons. The number of nitrogens with two attached hydrogens (primary N) is 1. The third kappa shape index (κ3) is 8.30. The summed E-state index contributed by atoms with van der Waals surface area (Å²) in [6.07, 6.45) is 0. The van der Waals surface area contributed by atoms with Crippen molar-refractivity contribution < 1.29 is 4.79 Å². The van der Waals surface area contributed by atoms with Gasteiger partial charge in [-0.3, -0.25) is 4.79 Å². The van der Waals surface area contributed by atoms with Gasteiger partial charge in [0.15, 0.2) is 5.96 Å². The van der Waals surface area contributed by atoms with E-state index in [1.807, 2.05) is 27.7 Å². The highest BCUT2D eigenvalue weighted by Crippen LogP contribution is 2.11. The molecular formula is C12H24N4O. The van der Waals surface area contributed by atoms with E-state index in [2.05, 4.69) is 22.2 Å². The summed E-state index contributed by atoms with van der Waals surface area (Å²) in [6.45, 7) is 12.8. The van der Waals surface area contributed by atoms with Crippen LogP contribution in [0.15, 0.2) is 17.1 Å². The minimum absolute atomic E-state index is 0.0248. The topological polar surface area (TPSA) is 79.5 Å². The van der Waals surface area contributed by atoms with Gasteiger partial charge in [-0.15, -0.1) is 0 Å². The van der Waals surface area contributed by atoms with Gasteiger partial charge in [0.25, 0.3) is 0 Å². The summed E-state index contributed by atoms with van der Waals surface area (Å²) in [5, 5.41) is 5.73. The number of aliphatic imine (C=N–C) groups is 1. The molecule has 0 rings (SSSR count). The summed E-state index contributed by atoms with van der Waals surface area (Å²) >= 11 is 0. The van der Waals surface area contributed by atoms with Gasteiger partial charge in [0.2, 0.25) is 5.91 Å². The second-order valence-corrected chi connectivity index (χ2v) is 5.09. The molecule has 0 aliphatic rings. The van der Waals surface area contributed by atoms with Crippen LogP contribution in [0.3, 0.4) is 0 Å². The number of guanidine groups is 1. The lowest BCUT2D eigenvalue weighted by Crippen LogP contribution is -2.41. The Labute approximate surface area is 104 Å². The Kier molecular flexibility index (Phi) is 6.31. The SMILES string of the molecule is C=C(C)CN=C(N)NCCNC(=O)C(C)(C)C. The van der Waals surface area contributed by atoms with E-state index >= 15 is 0 Å². The van der Waals surface area contributed by atoms with Crippen molar-refractivity contribution in [2.75, 3.05) is 19.6 Å². The Bertz CT molecular complexity index is 302. The van der Waals surface area contributed by atoms with Crippen molar-refractivity contribution in [1.82, 2.24) is 10.6 Å². The first-order valence-corrected chi connectivity index (χ1v) is 5.70. The molecule has 17 heavy (non-hydrogen) atoms. The molecule has 0 saturated carbocycles. The Balaban J connectivity index is 3.75. The van der Waals surface area contributed by atoms with Crippen molar-refractivity contribution in [2.24, 2.45) is 16.1 Å². The number of carbonyl (C=O) groups is 1. The molecule has 5 nitrogen and oxygen atoms in total. The maximum atomic E-state index is 11.5. The predicted octanol–water partition coefficient (Wildman–Crippen LogP) is 0.629. The van der Waals surface area contributed by atoms with Gasteiger partial charge in [-0.05, 0) is 6.92 Å². The Morgan fingerprint density at radius 2 is 1.82 bits per heavy atom. The summed E-state index contributed by atoms with van der Waals surface area (Å²) in [6, 6.07) is 0. The molecule has 0 unspecified atom stereocenters. The van der Waals surface area contributed by atoms with Crippen LogP contribution in [-0.2, 0) is 4.79 Å². The van der Waals surface area contributed by atoms with Crippen LogP contribution in [0.25, 0.3) is 0 Å². The van der Waals surface area contributed by atoms with Gasteiger partial charge in [0, 0.05) is 18.5 Å². The van der Waals surface area contributed by atoms with Crippen molar-refractivity contribution in [3.05, 3.63) is 12.2 Å². The summed E-state index contributed by atoms with van der Waals surface area (Å²) < 4.78 is 0. The molecule has 0 aromatic carbocycles. The molecule has 0 aromatic heterocycles. The first-order valence-electron chi connectivity index (χ1n) is 5.70. The van der Waals surface area contributed by atoms with Crippen LogP contribution in [0.1, 0.15) is 27.7 Å². The smallest absolute Gasteiger partial charge is 0.225 e. The molecule has 0 aliphatic carbocycles. The van der Waals surface area contributed by atoms with Crippen molar-refractivity contribution in [3.63, 3.8) is 0 Å². The number of amides is 1. The molecule has 0 aliphatic heterocycles. The Morgan fingerprint density at radius 3 is 2.29 bits per heavy atom. The lowest BCUT2D eigenvalue weighted by atomic mass is 9.96. The highest BCUT2D eigenvalue weighted by Gasteiger charge is 2.19. The lowest BCUT2D eigenvalue weighted by Gasteiger charge is -2.17. The van der Waals surface area contributed by atoms with Crippen LogP contribution in [0.5, 0.6) is 0 Å². The fraction of sp³-hybridized carbons (Fsp3) is 0.667. The molecule has 0 atom stereocenters. The van der Waals surface area contributed by atoms with Crippen molar-refractivity contribution >= 4 is 11.9 Å². The van der Waals surface area contributed by atoms with Gasteiger partial charge < -0.3 is 16.4 Å². The number of hydrogen-bond acceptors (Lipinski definition) is 2. The second kappa shape index (κ2) is 6.93. The van der Waals surface area contributed by atoms with Crippen molar-refractivity contribution in [2.45, 2.75) is 27.7 Å². The van der Waals surface area contributed by atoms with E-state index in [4.69, 9.17) is 5.73 Å². The summed E-state index contributed by atoms with van der Waals surface area (Å²) in [5.74, 6) is 0.398. The fourth-order valence-corrected chi connectivity index (χ4v) is 0.908. The van der Waals surface area contributed by atoms with Crippen molar-refractivity contribution in [1.29, 1.82) is 0 Å². The number of nitrogens with one attached hydrogen (secondary N) is 2. The van der Waals surface area contributed by atoms with Gasteiger partial charge in [-0.2, -0.15) is 0 Å². The largest absolute Gasteiger partial charge is 0.370 e. The first kappa shape index (κ1) is 15.5. The molecule has 5 heteroatoms. The average molecular weight is 240 g/mol. The highest BCUT2D eigenvalue weighted by atomic mass is 16.2. The van der Waals surface area contributed by atoms with Crippen LogP contribution in [0.4, 0.5) is 0 Å². The van der Waals surface area contributed by atoms with E-state index in [1.165, 1.54) is 0 Å². The predicted molar refractivity (Wildman–Crippen MR) is 71.8 cm³/mol. The van der Waals surface area contributed by atoms with E-state index in [0.717, 1.165) is 5.57 Å². The quantitative estimate of drug-likeness (QED) is 0.285. The highest BCUT2D eigenvalue weighted by molar-refractivity contribution is 5.81. The second-order valence-electron chi connectivity index (χ2n) is 5.09. The molecule has 1 amide bonds. The normalized spacial score (nSPS) is 12.1. The number of nitrogens with zero attached hydrogens (tertiary/aromatic N) is 1. The third-order valence-electron chi connectivity index (χ3n) is 1.92. The molecule has 0 fully saturated rings. The van der Waals surface area contributed by atoms with Crippen molar-refractivity contribution in [3.8, 4) is 0 Å². The maximum absolute atomic E-state index is 11.5. The standard InChI is InChI=1S/C12H24N4O/c1-9(2)8-16-11(13)15-7-6-14-10(17)12(3,4)5/h1,6-8H2,2-5H3,(H,14,17)(H3,13,15,16). The van der Waals surface area contributed by atoms with E-state index < -0.39 is 0 Å². The van der Waals surface area contributed by atoms with Gasteiger partial charge in [0.05, 0.1) is 6.54 Å². The van der Waals surface area contributed by atoms with E-state index in [-0.39, 0.29) is 11.3 Å². The number of hydrogen-bond donors (Lipinski definition) is 3. The van der Waals surface area contributed by atoms with Crippen LogP contribution >= 0.6 is 0 Å². The number of carbonyl (C=O) groups excluding carboxylic acids is 1. The summed E-state index contributed by atoms with van der Waals surface area (Å²) in [5.41, 5.74) is 6.20. The summed E-state index contributed by atoms with van der Waals surface area (Å²) in [4.78, 5) is 15.6. The molecule has 0 heterocycles. The van der Waals surface area contributed by atoms with Gasteiger partial charge >= 0.3 is 0 Å². The third-order valence-corrected chi connectivity index (χ3v) is 1.92. The summed E-state index contributed by atoms with van der Waals surface area (Å²) in [7, 11) is 0. The zero-order chi connectivity index (χ0) is 13.5. The minimum atomic E-state index is -0.362. The Hall–Kier alpha value is -1.52. The van der Waals surface area contributed by atoms with E-state index in [1.54, 1.807) is 0 Å². The molecule has 0 bridgehead atoms. The van der Waals surface area contributed by atoms with Crippen LogP contribution in [0.2, 0.25) is 0 Å². The average Bonchev–Trinajstić information content (AvgIpc) is 2.19. The van der Waals surface area contributed by atoms with Gasteiger partial charge in [-0.1, -0.05) is 32.9 Å². The molecule has 98 valence electrons. The Morgan fingerprint density at radius 1 is 1.29 bits per heavy atom. The van der Waals surface area contributed by atoms with Crippen LogP contribution < -0.4 is 16.4 Å². The molecule has 0 saturated heterocycles. The lowest BCUT2D eigenvalue weighted by molar-refractivity contribution is -0.128. The zero-order valence-corrected chi connectivity index (χ0v) is 11.3. The molecule has 0 spiro atoms. The first-order chi connectivity index (χ1) is 7.73. The van der Waals surface area contributed by atoms with Gasteiger partial charge in [0.1, 0.15) is 0 Å². The molecule has 4 N–H and O–H groups in total. The molecule has 0 aromatic rings. The van der Waals surface area contributed by atoms with Gasteiger partial charge in [-0.25, -0.2) is 4.99 Å². The molecular weight excluding hydrogens is 216 g/mol. The fourth-order valence-electron chi connectivity index (χ4n) is 0.908. The van der Waals surface area contributed by atoms with E-state index in [9.17, 15) is 4.79 Å².